The normalized spacial score (nSPS) is 11.4. The first-order valence-electron chi connectivity index (χ1n) is 10.6. The van der Waals surface area contributed by atoms with E-state index >= 15 is 0 Å². The minimum atomic E-state index is -0.712. The molecule has 0 bridgehead atoms. The molecular weight excluding hydrogens is 436 g/mol. The number of fused-ring (bicyclic) bond motifs is 1. The first kappa shape index (κ1) is 22.8. The summed E-state index contributed by atoms with van der Waals surface area (Å²) < 4.78 is 6.09. The number of rotatable bonds is 6. The van der Waals surface area contributed by atoms with Crippen LogP contribution in [0.2, 0.25) is 5.02 Å². The van der Waals surface area contributed by atoms with E-state index in [1.807, 2.05) is 55.6 Å². The number of amides is 1. The van der Waals surface area contributed by atoms with Gasteiger partial charge in [0.15, 0.2) is 0 Å². The number of hydrogen-bond acceptors (Lipinski definition) is 4. The molecule has 1 aromatic heterocycles. The van der Waals surface area contributed by atoms with Crippen LogP contribution < -0.4 is 10.1 Å². The fourth-order valence-electron chi connectivity index (χ4n) is 3.64. The Labute approximate surface area is 198 Å². The molecular formula is C27H25ClN2O3. The lowest BCUT2D eigenvalue weighted by Crippen LogP contribution is -2.46. The van der Waals surface area contributed by atoms with Crippen molar-refractivity contribution < 1.29 is 14.6 Å². The highest BCUT2D eigenvalue weighted by Crippen LogP contribution is 2.35. The van der Waals surface area contributed by atoms with Crippen molar-refractivity contribution in [3.05, 3.63) is 89.1 Å². The van der Waals surface area contributed by atoms with Gasteiger partial charge in [-0.1, -0.05) is 41.9 Å². The molecule has 4 aromatic rings. The monoisotopic (exact) mass is 460 g/mol. The van der Waals surface area contributed by atoms with E-state index in [2.05, 4.69) is 10.3 Å². The van der Waals surface area contributed by atoms with Gasteiger partial charge in [0.05, 0.1) is 22.7 Å². The Bertz CT molecular complexity index is 1330. The van der Waals surface area contributed by atoms with Crippen molar-refractivity contribution in [3.63, 3.8) is 0 Å². The molecule has 0 unspecified atom stereocenters. The van der Waals surface area contributed by atoms with E-state index in [1.165, 1.54) is 0 Å². The molecule has 0 saturated heterocycles. The van der Waals surface area contributed by atoms with E-state index in [4.69, 9.17) is 16.3 Å². The zero-order valence-electron chi connectivity index (χ0n) is 18.7. The van der Waals surface area contributed by atoms with Crippen molar-refractivity contribution in [2.24, 2.45) is 0 Å². The number of carbonyl (C=O) groups excluding carboxylic acids is 1. The third-order valence-electron chi connectivity index (χ3n) is 5.34. The van der Waals surface area contributed by atoms with Crippen molar-refractivity contribution in [3.8, 4) is 22.6 Å². The first-order valence-corrected chi connectivity index (χ1v) is 11.0. The summed E-state index contributed by atoms with van der Waals surface area (Å²) in [6.07, 6.45) is 1.83. The van der Waals surface area contributed by atoms with Gasteiger partial charge in [0, 0.05) is 17.1 Å². The molecule has 0 aliphatic carbocycles. The quantitative estimate of drug-likeness (QED) is 0.361. The predicted molar refractivity (Wildman–Crippen MR) is 132 cm³/mol. The minimum absolute atomic E-state index is 0.157. The first-order chi connectivity index (χ1) is 15.8. The van der Waals surface area contributed by atoms with E-state index in [0.717, 1.165) is 27.6 Å². The van der Waals surface area contributed by atoms with Crippen LogP contribution in [-0.4, -0.2) is 28.1 Å². The Morgan fingerprint density at radius 2 is 1.76 bits per heavy atom. The van der Waals surface area contributed by atoms with Gasteiger partial charge in [-0.2, -0.15) is 0 Å². The predicted octanol–water partition coefficient (Wildman–Crippen LogP) is 6.16. The Balaban J connectivity index is 1.65. The lowest BCUT2D eigenvalue weighted by Gasteiger charge is -2.23. The molecule has 33 heavy (non-hydrogen) atoms. The van der Waals surface area contributed by atoms with Crippen LogP contribution in [0, 0.1) is 6.92 Å². The average Bonchev–Trinajstić information content (AvgIpc) is 2.79. The topological polar surface area (TPSA) is 71.5 Å². The number of carbonyl (C=O) groups is 1. The number of aliphatic hydroxyl groups is 1. The Kier molecular flexibility index (Phi) is 6.36. The molecule has 1 amide bonds. The number of aryl methyl sites for hydroxylation is 1. The third kappa shape index (κ3) is 5.00. The van der Waals surface area contributed by atoms with E-state index in [1.54, 1.807) is 38.1 Å². The van der Waals surface area contributed by atoms with Gasteiger partial charge in [-0.25, -0.2) is 0 Å². The van der Waals surface area contributed by atoms with Gasteiger partial charge >= 0.3 is 0 Å². The van der Waals surface area contributed by atoms with Crippen LogP contribution in [0.25, 0.3) is 22.0 Å². The molecule has 168 valence electrons. The van der Waals surface area contributed by atoms with Crippen LogP contribution in [0.15, 0.2) is 72.9 Å². The number of nitrogens with zero attached hydrogens (tertiary/aromatic N) is 1. The van der Waals surface area contributed by atoms with Crippen molar-refractivity contribution >= 4 is 28.4 Å². The van der Waals surface area contributed by atoms with Crippen molar-refractivity contribution in [1.29, 1.82) is 0 Å². The molecule has 0 aliphatic heterocycles. The number of benzene rings is 3. The van der Waals surface area contributed by atoms with Crippen LogP contribution in [0.4, 0.5) is 0 Å². The smallest absolute Gasteiger partial charge is 0.251 e. The molecule has 0 fully saturated rings. The summed E-state index contributed by atoms with van der Waals surface area (Å²) in [6.45, 7) is 5.38. The molecule has 0 radical (unpaired) electrons. The number of ether oxygens (including phenoxy) is 1. The summed E-state index contributed by atoms with van der Waals surface area (Å²) in [5, 5.41) is 13.8. The molecule has 0 atom stereocenters. The second-order valence-corrected chi connectivity index (χ2v) is 9.01. The molecule has 0 spiro atoms. The lowest BCUT2D eigenvalue weighted by molar-refractivity contribution is 0.0869. The van der Waals surface area contributed by atoms with Gasteiger partial charge in [0.25, 0.3) is 5.91 Å². The Morgan fingerprint density at radius 3 is 2.52 bits per heavy atom. The standard InChI is InChI=1S/C27H25ClN2O3/c1-17-15-29-25-22(11-6-12-23(25)28)24(17)18-7-4-9-20(13-18)33-21-10-5-8-19(14-21)26(32)30-27(2,3)16-31/h4-15,31H,16H2,1-3H3,(H,30,32). The zero-order chi connectivity index (χ0) is 23.6. The highest BCUT2D eigenvalue weighted by atomic mass is 35.5. The second kappa shape index (κ2) is 9.22. The van der Waals surface area contributed by atoms with Crippen LogP contribution in [0.5, 0.6) is 11.5 Å². The number of nitrogens with one attached hydrogen (secondary N) is 1. The summed E-state index contributed by atoms with van der Waals surface area (Å²) in [7, 11) is 0. The highest BCUT2D eigenvalue weighted by molar-refractivity contribution is 6.35. The second-order valence-electron chi connectivity index (χ2n) is 8.61. The van der Waals surface area contributed by atoms with E-state index in [-0.39, 0.29) is 12.5 Å². The van der Waals surface area contributed by atoms with Gasteiger partial charge in [0.2, 0.25) is 0 Å². The lowest BCUT2D eigenvalue weighted by atomic mass is 9.97. The number of hydrogen-bond donors (Lipinski definition) is 2. The molecule has 4 rings (SSSR count). The molecule has 0 saturated carbocycles. The number of para-hydroxylation sites is 1. The SMILES string of the molecule is Cc1cnc2c(Cl)cccc2c1-c1cccc(Oc2cccc(C(=O)NC(C)(C)CO)c2)c1. The van der Waals surface area contributed by atoms with E-state index in [0.29, 0.717) is 22.1 Å². The van der Waals surface area contributed by atoms with Crippen LogP contribution in [0.1, 0.15) is 29.8 Å². The number of aliphatic hydroxyl groups excluding tert-OH is 1. The molecule has 0 aliphatic rings. The van der Waals surface area contributed by atoms with Crippen molar-refractivity contribution in [1.82, 2.24) is 10.3 Å². The number of halogens is 1. The Hall–Kier alpha value is -3.41. The third-order valence-corrected chi connectivity index (χ3v) is 5.64. The molecule has 6 heteroatoms. The molecule has 1 heterocycles. The van der Waals surface area contributed by atoms with E-state index < -0.39 is 5.54 Å². The van der Waals surface area contributed by atoms with Gasteiger partial charge in [-0.05, 0) is 73.9 Å². The van der Waals surface area contributed by atoms with Gasteiger partial charge in [-0.3, -0.25) is 9.78 Å². The molecule has 3 aromatic carbocycles. The van der Waals surface area contributed by atoms with Crippen LogP contribution in [-0.2, 0) is 0 Å². The Morgan fingerprint density at radius 1 is 1.06 bits per heavy atom. The van der Waals surface area contributed by atoms with Crippen molar-refractivity contribution in [2.75, 3.05) is 6.61 Å². The summed E-state index contributed by atoms with van der Waals surface area (Å²) in [5.41, 5.74) is 3.57. The minimum Gasteiger partial charge on any atom is -0.457 e. The number of aromatic nitrogens is 1. The highest BCUT2D eigenvalue weighted by Gasteiger charge is 2.20. The van der Waals surface area contributed by atoms with Crippen LogP contribution >= 0.6 is 11.6 Å². The molecule has 2 N–H and O–H groups in total. The summed E-state index contributed by atoms with van der Waals surface area (Å²) in [4.78, 5) is 17.1. The summed E-state index contributed by atoms with van der Waals surface area (Å²) >= 11 is 6.36. The maximum atomic E-state index is 12.6. The van der Waals surface area contributed by atoms with E-state index in [9.17, 15) is 9.90 Å². The maximum Gasteiger partial charge on any atom is 0.251 e. The number of pyridine rings is 1. The largest absolute Gasteiger partial charge is 0.457 e. The fraction of sp³-hybridized carbons (Fsp3) is 0.185. The average molecular weight is 461 g/mol. The van der Waals surface area contributed by atoms with Gasteiger partial charge in [0.1, 0.15) is 11.5 Å². The fourth-order valence-corrected chi connectivity index (χ4v) is 3.86. The van der Waals surface area contributed by atoms with Gasteiger partial charge < -0.3 is 15.2 Å². The summed E-state index contributed by atoms with van der Waals surface area (Å²) in [6, 6.07) is 20.5. The maximum absolute atomic E-state index is 12.6. The summed E-state index contributed by atoms with van der Waals surface area (Å²) in [5.74, 6) is 0.914. The van der Waals surface area contributed by atoms with Crippen LogP contribution in [0.3, 0.4) is 0 Å². The zero-order valence-corrected chi connectivity index (χ0v) is 19.5. The van der Waals surface area contributed by atoms with Gasteiger partial charge in [-0.15, -0.1) is 0 Å². The van der Waals surface area contributed by atoms with Crippen molar-refractivity contribution in [2.45, 2.75) is 26.3 Å². The molecule has 5 nitrogen and oxygen atoms in total.